The van der Waals surface area contributed by atoms with Crippen LogP contribution in [0.4, 0.5) is 0 Å². The fourth-order valence-electron chi connectivity index (χ4n) is 1.93. The molecule has 100 valence electrons. The topological polar surface area (TPSA) is 48.1 Å². The Hall–Kier alpha value is -1.87. The number of nitrogens with zero attached hydrogens (tertiary/aromatic N) is 1. The monoisotopic (exact) mass is 256 g/mol. The molecule has 1 heterocycles. The maximum absolute atomic E-state index is 5.87. The number of rotatable bonds is 4. The summed E-state index contributed by atoms with van der Waals surface area (Å²) in [5.41, 5.74) is 10.2. The second-order valence-corrected chi connectivity index (χ2v) is 4.87. The molecule has 3 nitrogen and oxygen atoms in total. The molecular weight excluding hydrogens is 236 g/mol. The molecule has 1 aromatic carbocycles. The Kier molecular flexibility index (Phi) is 4.17. The van der Waals surface area contributed by atoms with Crippen molar-refractivity contribution in [3.05, 3.63) is 58.9 Å². The Morgan fingerprint density at radius 2 is 2.00 bits per heavy atom. The van der Waals surface area contributed by atoms with Crippen LogP contribution in [-0.2, 0) is 6.61 Å². The zero-order valence-electron chi connectivity index (χ0n) is 11.7. The molecule has 1 atom stereocenters. The van der Waals surface area contributed by atoms with Crippen molar-refractivity contribution in [2.45, 2.75) is 33.4 Å². The van der Waals surface area contributed by atoms with Crippen molar-refractivity contribution >= 4 is 0 Å². The van der Waals surface area contributed by atoms with Crippen molar-refractivity contribution in [2.24, 2.45) is 5.73 Å². The number of nitrogens with two attached hydrogens (primary N) is 1. The maximum atomic E-state index is 5.87. The van der Waals surface area contributed by atoms with E-state index in [2.05, 4.69) is 11.1 Å². The molecule has 0 saturated heterocycles. The number of hydrogen-bond acceptors (Lipinski definition) is 3. The first-order chi connectivity index (χ1) is 9.08. The normalized spacial score (nSPS) is 12.2. The number of pyridine rings is 1. The Balaban J connectivity index is 2.10. The molecule has 2 rings (SSSR count). The number of hydrogen-bond donors (Lipinski definition) is 1. The highest BCUT2D eigenvalue weighted by molar-refractivity contribution is 5.37. The van der Waals surface area contributed by atoms with Gasteiger partial charge in [-0.1, -0.05) is 18.2 Å². The summed E-state index contributed by atoms with van der Waals surface area (Å²) in [7, 11) is 0. The number of ether oxygens (including phenoxy) is 1. The zero-order chi connectivity index (χ0) is 13.8. The SMILES string of the molecule is Cc1cc([C@@H](C)N)ccc1OCc1ncccc1C. The summed E-state index contributed by atoms with van der Waals surface area (Å²) >= 11 is 0. The first-order valence-electron chi connectivity index (χ1n) is 6.47. The van der Waals surface area contributed by atoms with E-state index in [0.29, 0.717) is 6.61 Å². The molecule has 19 heavy (non-hydrogen) atoms. The first kappa shape index (κ1) is 13.6. The quantitative estimate of drug-likeness (QED) is 0.913. The Morgan fingerprint density at radius 3 is 2.63 bits per heavy atom. The molecule has 2 N–H and O–H groups in total. The van der Waals surface area contributed by atoms with Gasteiger partial charge in [0.05, 0.1) is 5.69 Å². The van der Waals surface area contributed by atoms with E-state index in [1.807, 2.05) is 45.0 Å². The minimum atomic E-state index is 0.0470. The van der Waals surface area contributed by atoms with Crippen LogP contribution in [0, 0.1) is 13.8 Å². The smallest absolute Gasteiger partial charge is 0.130 e. The van der Waals surface area contributed by atoms with Gasteiger partial charge < -0.3 is 10.5 Å². The van der Waals surface area contributed by atoms with Gasteiger partial charge >= 0.3 is 0 Å². The number of aromatic nitrogens is 1. The molecule has 0 aliphatic carbocycles. The predicted octanol–water partition coefficient (Wildman–Crippen LogP) is 3.30. The largest absolute Gasteiger partial charge is 0.487 e. The van der Waals surface area contributed by atoms with Crippen LogP contribution in [0.2, 0.25) is 0 Å². The zero-order valence-corrected chi connectivity index (χ0v) is 11.7. The summed E-state index contributed by atoms with van der Waals surface area (Å²) in [6.45, 7) is 6.54. The van der Waals surface area contributed by atoms with Crippen LogP contribution in [0.25, 0.3) is 0 Å². The molecule has 2 aromatic rings. The lowest BCUT2D eigenvalue weighted by Gasteiger charge is -2.12. The lowest BCUT2D eigenvalue weighted by molar-refractivity contribution is 0.298. The number of aryl methyl sites for hydroxylation is 2. The van der Waals surface area contributed by atoms with E-state index in [-0.39, 0.29) is 6.04 Å². The van der Waals surface area contributed by atoms with Crippen LogP contribution in [0.15, 0.2) is 36.5 Å². The van der Waals surface area contributed by atoms with Crippen LogP contribution < -0.4 is 10.5 Å². The standard InChI is InChI=1S/C16H20N2O/c1-11-5-4-8-18-15(11)10-19-16-7-6-14(13(3)17)9-12(16)2/h4-9,13H,10,17H2,1-3H3/t13-/m1/s1. The third-order valence-corrected chi connectivity index (χ3v) is 3.21. The van der Waals surface area contributed by atoms with Crippen LogP contribution in [0.1, 0.15) is 35.3 Å². The molecule has 1 aromatic heterocycles. The van der Waals surface area contributed by atoms with E-state index in [1.165, 1.54) is 0 Å². The molecule has 0 amide bonds. The van der Waals surface area contributed by atoms with E-state index >= 15 is 0 Å². The molecular formula is C16H20N2O. The molecule has 0 fully saturated rings. The molecule has 0 unspecified atom stereocenters. The summed E-state index contributed by atoms with van der Waals surface area (Å²) in [5, 5.41) is 0. The summed E-state index contributed by atoms with van der Waals surface area (Å²) in [5.74, 6) is 0.884. The summed E-state index contributed by atoms with van der Waals surface area (Å²) < 4.78 is 5.84. The van der Waals surface area contributed by atoms with Crippen molar-refractivity contribution in [3.63, 3.8) is 0 Å². The van der Waals surface area contributed by atoms with Gasteiger partial charge in [-0.15, -0.1) is 0 Å². The fraction of sp³-hybridized carbons (Fsp3) is 0.312. The second-order valence-electron chi connectivity index (χ2n) is 4.87. The van der Waals surface area contributed by atoms with Gasteiger partial charge in [-0.2, -0.15) is 0 Å². The van der Waals surface area contributed by atoms with Crippen LogP contribution in [0.5, 0.6) is 5.75 Å². The summed E-state index contributed by atoms with van der Waals surface area (Å²) in [6.07, 6.45) is 1.79. The van der Waals surface area contributed by atoms with E-state index in [4.69, 9.17) is 10.5 Å². The van der Waals surface area contributed by atoms with Gasteiger partial charge in [-0.25, -0.2) is 0 Å². The van der Waals surface area contributed by atoms with Crippen molar-refractivity contribution in [3.8, 4) is 5.75 Å². The average molecular weight is 256 g/mol. The highest BCUT2D eigenvalue weighted by atomic mass is 16.5. The van der Waals surface area contributed by atoms with Gasteiger partial charge in [0.25, 0.3) is 0 Å². The van der Waals surface area contributed by atoms with Crippen LogP contribution >= 0.6 is 0 Å². The number of benzene rings is 1. The lowest BCUT2D eigenvalue weighted by atomic mass is 10.1. The van der Waals surface area contributed by atoms with Crippen LogP contribution in [-0.4, -0.2) is 4.98 Å². The molecule has 0 aliphatic rings. The molecule has 0 aliphatic heterocycles. The van der Waals surface area contributed by atoms with E-state index in [1.54, 1.807) is 6.20 Å². The first-order valence-corrected chi connectivity index (χ1v) is 6.47. The molecule has 0 bridgehead atoms. The van der Waals surface area contributed by atoms with Gasteiger partial charge in [0.2, 0.25) is 0 Å². The minimum Gasteiger partial charge on any atom is -0.487 e. The Labute approximate surface area is 114 Å². The molecule has 0 spiro atoms. The average Bonchev–Trinajstić information content (AvgIpc) is 2.39. The highest BCUT2D eigenvalue weighted by Crippen LogP contribution is 2.22. The lowest BCUT2D eigenvalue weighted by Crippen LogP contribution is -2.06. The molecule has 0 saturated carbocycles. The second kappa shape index (κ2) is 5.85. The minimum absolute atomic E-state index is 0.0470. The maximum Gasteiger partial charge on any atom is 0.130 e. The van der Waals surface area contributed by atoms with Gasteiger partial charge in [0.15, 0.2) is 0 Å². The predicted molar refractivity (Wildman–Crippen MR) is 77.1 cm³/mol. The van der Waals surface area contributed by atoms with Crippen molar-refractivity contribution in [2.75, 3.05) is 0 Å². The highest BCUT2D eigenvalue weighted by Gasteiger charge is 2.06. The van der Waals surface area contributed by atoms with E-state index < -0.39 is 0 Å². The van der Waals surface area contributed by atoms with Crippen molar-refractivity contribution < 1.29 is 4.74 Å². The third-order valence-electron chi connectivity index (χ3n) is 3.21. The Bertz CT molecular complexity index is 564. The van der Waals surface area contributed by atoms with E-state index in [0.717, 1.165) is 28.1 Å². The van der Waals surface area contributed by atoms with Crippen molar-refractivity contribution in [1.29, 1.82) is 0 Å². The van der Waals surface area contributed by atoms with Crippen LogP contribution in [0.3, 0.4) is 0 Å². The van der Waals surface area contributed by atoms with Gasteiger partial charge in [-0.05, 0) is 49.6 Å². The summed E-state index contributed by atoms with van der Waals surface area (Å²) in [4.78, 5) is 4.32. The summed E-state index contributed by atoms with van der Waals surface area (Å²) in [6, 6.07) is 10.1. The van der Waals surface area contributed by atoms with Crippen molar-refractivity contribution in [1.82, 2.24) is 4.98 Å². The molecule has 0 radical (unpaired) electrons. The van der Waals surface area contributed by atoms with Gasteiger partial charge in [-0.3, -0.25) is 4.98 Å². The van der Waals surface area contributed by atoms with Gasteiger partial charge in [0.1, 0.15) is 12.4 Å². The van der Waals surface area contributed by atoms with E-state index in [9.17, 15) is 0 Å². The third kappa shape index (κ3) is 3.32. The fourth-order valence-corrected chi connectivity index (χ4v) is 1.93. The van der Waals surface area contributed by atoms with Gasteiger partial charge in [0, 0.05) is 12.2 Å². The molecule has 3 heteroatoms. The Morgan fingerprint density at radius 1 is 1.21 bits per heavy atom.